The lowest BCUT2D eigenvalue weighted by Crippen LogP contribution is -2.12. The minimum atomic E-state index is -0.462. The largest absolute Gasteiger partial charge is 0.493 e. The predicted molar refractivity (Wildman–Crippen MR) is 84.0 cm³/mol. The highest BCUT2D eigenvalue weighted by molar-refractivity contribution is 6.40. The van der Waals surface area contributed by atoms with Crippen molar-refractivity contribution in [2.24, 2.45) is 5.73 Å². The zero-order chi connectivity index (χ0) is 16.3. The average Bonchev–Trinajstić information content (AvgIpc) is 2.87. The van der Waals surface area contributed by atoms with Gasteiger partial charge in [-0.15, -0.1) is 0 Å². The second kappa shape index (κ2) is 7.00. The van der Waals surface area contributed by atoms with Crippen LogP contribution in [0.4, 0.5) is 0 Å². The van der Waals surface area contributed by atoms with E-state index in [4.69, 9.17) is 33.7 Å². The predicted octanol–water partition coefficient (Wildman–Crippen LogP) is 2.48. The molecular formula is C14H15Cl2N3O3. The topological polar surface area (TPSA) is 90.4 Å². The number of carbonyl (C=O) groups excluding carboxylic acids is 1. The Hall–Kier alpha value is -1.76. The van der Waals surface area contributed by atoms with E-state index in [0.717, 1.165) is 0 Å². The maximum absolute atomic E-state index is 12.5. The summed E-state index contributed by atoms with van der Waals surface area (Å²) in [5, 5.41) is 14.3. The van der Waals surface area contributed by atoms with Crippen LogP contribution in [0, 0.1) is 0 Å². The quantitative estimate of drug-likeness (QED) is 0.786. The van der Waals surface area contributed by atoms with Gasteiger partial charge in [0, 0.05) is 18.7 Å². The molecule has 0 saturated heterocycles. The Kier molecular flexibility index (Phi) is 5.28. The van der Waals surface area contributed by atoms with E-state index < -0.39 is 5.78 Å². The molecule has 0 atom stereocenters. The molecule has 0 radical (unpaired) electrons. The number of benzene rings is 1. The van der Waals surface area contributed by atoms with E-state index in [-0.39, 0.29) is 46.0 Å². The molecule has 0 amide bonds. The molecule has 1 heterocycles. The Labute approximate surface area is 137 Å². The molecule has 0 unspecified atom stereocenters. The molecule has 0 aliphatic rings. The fourth-order valence-electron chi connectivity index (χ4n) is 1.92. The van der Waals surface area contributed by atoms with Crippen molar-refractivity contribution in [1.82, 2.24) is 9.78 Å². The van der Waals surface area contributed by atoms with Crippen molar-refractivity contribution in [3.63, 3.8) is 0 Å². The number of ether oxygens (including phenoxy) is 1. The molecule has 0 fully saturated rings. The molecule has 0 aliphatic carbocycles. The molecule has 118 valence electrons. The van der Waals surface area contributed by atoms with Gasteiger partial charge in [-0.2, -0.15) is 5.10 Å². The highest BCUT2D eigenvalue weighted by Crippen LogP contribution is 2.37. The van der Waals surface area contributed by atoms with Gasteiger partial charge >= 0.3 is 0 Å². The average molecular weight is 344 g/mol. The molecule has 0 saturated carbocycles. The summed E-state index contributed by atoms with van der Waals surface area (Å²) in [6, 6.07) is 2.98. The van der Waals surface area contributed by atoms with E-state index in [1.54, 1.807) is 6.92 Å². The van der Waals surface area contributed by atoms with Crippen molar-refractivity contribution in [1.29, 1.82) is 0 Å². The summed E-state index contributed by atoms with van der Waals surface area (Å²) in [7, 11) is 0. The van der Waals surface area contributed by atoms with Crippen molar-refractivity contribution in [2.45, 2.75) is 13.5 Å². The van der Waals surface area contributed by atoms with E-state index >= 15 is 0 Å². The number of nitrogens with two attached hydrogens (primary N) is 1. The maximum Gasteiger partial charge on any atom is 0.220 e. The van der Waals surface area contributed by atoms with Gasteiger partial charge < -0.3 is 15.6 Å². The first-order chi connectivity index (χ1) is 10.5. The molecule has 8 heteroatoms. The normalized spacial score (nSPS) is 10.7. The first-order valence-electron chi connectivity index (χ1n) is 6.61. The third-order valence-electron chi connectivity index (χ3n) is 3.01. The van der Waals surface area contributed by atoms with Gasteiger partial charge in [0.2, 0.25) is 11.7 Å². The molecule has 22 heavy (non-hydrogen) atoms. The number of aromatic nitrogens is 2. The highest BCUT2D eigenvalue weighted by atomic mass is 35.5. The van der Waals surface area contributed by atoms with Gasteiger partial charge in [0.1, 0.15) is 12.2 Å². The van der Waals surface area contributed by atoms with Crippen LogP contribution in [0.3, 0.4) is 0 Å². The number of rotatable bonds is 6. The second-order valence-corrected chi connectivity index (χ2v) is 5.19. The molecule has 2 rings (SSSR count). The molecule has 0 bridgehead atoms. The molecule has 0 aliphatic heterocycles. The van der Waals surface area contributed by atoms with Crippen LogP contribution >= 0.6 is 23.2 Å². The summed E-state index contributed by atoms with van der Waals surface area (Å²) in [4.78, 5) is 12.5. The summed E-state index contributed by atoms with van der Waals surface area (Å²) in [5.74, 6) is -0.471. The van der Waals surface area contributed by atoms with Crippen molar-refractivity contribution < 1.29 is 14.6 Å². The van der Waals surface area contributed by atoms with E-state index in [9.17, 15) is 9.90 Å². The lowest BCUT2D eigenvalue weighted by atomic mass is 10.1. The smallest absolute Gasteiger partial charge is 0.220 e. The molecule has 1 aromatic carbocycles. The Morgan fingerprint density at radius 1 is 1.41 bits per heavy atom. The number of carbonyl (C=O) groups is 1. The van der Waals surface area contributed by atoms with Crippen molar-refractivity contribution in [3.05, 3.63) is 39.5 Å². The molecular weight excluding hydrogens is 329 g/mol. The second-order valence-electron chi connectivity index (χ2n) is 4.40. The van der Waals surface area contributed by atoms with E-state index in [1.807, 2.05) is 0 Å². The standard InChI is InChI=1S/C14H15Cl2N3O3/c1-2-19-14(21)9(7-18-19)12(20)8-3-4-10(15)13(11(8)16)22-6-5-17/h3-4,7,21H,2,5-6,17H2,1H3. The number of aryl methyl sites for hydroxylation is 1. The van der Waals surface area contributed by atoms with E-state index in [2.05, 4.69) is 5.10 Å². The van der Waals surface area contributed by atoms with Crippen LogP contribution in [0.5, 0.6) is 11.6 Å². The number of ketones is 1. The summed E-state index contributed by atoms with van der Waals surface area (Å²) in [5.41, 5.74) is 5.62. The monoisotopic (exact) mass is 343 g/mol. The maximum atomic E-state index is 12.5. The molecule has 2 aromatic rings. The zero-order valence-electron chi connectivity index (χ0n) is 11.8. The van der Waals surface area contributed by atoms with Crippen LogP contribution in [0.1, 0.15) is 22.8 Å². The summed E-state index contributed by atoms with van der Waals surface area (Å²) < 4.78 is 6.68. The number of halogens is 2. The van der Waals surface area contributed by atoms with Gasteiger partial charge in [-0.1, -0.05) is 23.2 Å². The molecule has 0 spiro atoms. The Balaban J connectivity index is 2.43. The van der Waals surface area contributed by atoms with Gasteiger partial charge in [-0.05, 0) is 19.1 Å². The number of hydrogen-bond acceptors (Lipinski definition) is 5. The van der Waals surface area contributed by atoms with Crippen molar-refractivity contribution in [2.75, 3.05) is 13.2 Å². The van der Waals surface area contributed by atoms with Gasteiger partial charge in [-0.25, -0.2) is 4.68 Å². The molecule has 1 aromatic heterocycles. The first-order valence-corrected chi connectivity index (χ1v) is 7.37. The van der Waals surface area contributed by atoms with Crippen molar-refractivity contribution >= 4 is 29.0 Å². The van der Waals surface area contributed by atoms with Crippen molar-refractivity contribution in [3.8, 4) is 11.6 Å². The number of aromatic hydroxyl groups is 1. The van der Waals surface area contributed by atoms with Crippen LogP contribution in [0.25, 0.3) is 0 Å². The van der Waals surface area contributed by atoms with Crippen LogP contribution in [0.2, 0.25) is 10.0 Å². The van der Waals surface area contributed by atoms with E-state index in [1.165, 1.54) is 23.0 Å². The van der Waals surface area contributed by atoms with Gasteiger partial charge in [0.25, 0.3) is 0 Å². The minimum Gasteiger partial charge on any atom is -0.493 e. The Morgan fingerprint density at radius 2 is 2.14 bits per heavy atom. The third kappa shape index (κ3) is 3.04. The molecule has 3 N–H and O–H groups in total. The van der Waals surface area contributed by atoms with Gasteiger partial charge in [0.05, 0.1) is 16.2 Å². The first kappa shape index (κ1) is 16.6. The highest BCUT2D eigenvalue weighted by Gasteiger charge is 2.23. The number of hydrogen-bond donors (Lipinski definition) is 2. The van der Waals surface area contributed by atoms with Crippen LogP contribution in [0.15, 0.2) is 18.3 Å². The summed E-state index contributed by atoms with van der Waals surface area (Å²) in [6.07, 6.45) is 1.30. The lowest BCUT2D eigenvalue weighted by molar-refractivity contribution is 0.103. The van der Waals surface area contributed by atoms with Crippen LogP contribution < -0.4 is 10.5 Å². The van der Waals surface area contributed by atoms with E-state index in [0.29, 0.717) is 6.54 Å². The fourth-order valence-corrected chi connectivity index (χ4v) is 2.48. The van der Waals surface area contributed by atoms with Gasteiger partial charge in [0.15, 0.2) is 5.75 Å². The number of nitrogens with zero attached hydrogens (tertiary/aromatic N) is 2. The summed E-state index contributed by atoms with van der Waals surface area (Å²) in [6.45, 7) is 2.75. The zero-order valence-corrected chi connectivity index (χ0v) is 13.4. The fraction of sp³-hybridized carbons (Fsp3) is 0.286. The summed E-state index contributed by atoms with van der Waals surface area (Å²) >= 11 is 12.2. The Bertz CT molecular complexity index is 701. The van der Waals surface area contributed by atoms with Gasteiger partial charge in [-0.3, -0.25) is 4.79 Å². The lowest BCUT2D eigenvalue weighted by Gasteiger charge is -2.11. The third-order valence-corrected chi connectivity index (χ3v) is 3.69. The van der Waals surface area contributed by atoms with Crippen LogP contribution in [-0.4, -0.2) is 33.8 Å². The SMILES string of the molecule is CCn1ncc(C(=O)c2ccc(Cl)c(OCCN)c2Cl)c1O. The Morgan fingerprint density at radius 3 is 2.73 bits per heavy atom. The van der Waals surface area contributed by atoms with Crippen LogP contribution in [-0.2, 0) is 6.54 Å². The molecule has 6 nitrogen and oxygen atoms in total. The minimum absolute atomic E-state index is 0.0656.